The molecule has 0 atom stereocenters. The van der Waals surface area contributed by atoms with E-state index in [2.05, 4.69) is 95.6 Å². The monoisotopic (exact) mass is 865 g/mol. The molecule has 6 heteroatoms. The van der Waals surface area contributed by atoms with Crippen LogP contribution in [0.2, 0.25) is 0 Å². The van der Waals surface area contributed by atoms with E-state index >= 15 is 0 Å². The van der Waals surface area contributed by atoms with Crippen LogP contribution in [0, 0.1) is 6.07 Å². The number of methoxy groups -OCH3 is 1. The zero-order chi connectivity index (χ0) is 35.0. The number of nitrogens with zero attached hydrogens (tertiary/aromatic N) is 3. The van der Waals surface area contributed by atoms with Crippen LogP contribution in [0.1, 0.15) is 0 Å². The summed E-state index contributed by atoms with van der Waals surface area (Å²) in [6.07, 6.45) is 1.83. The predicted octanol–water partition coefficient (Wildman–Crippen LogP) is 11.4. The van der Waals surface area contributed by atoms with E-state index in [1.54, 1.807) is 7.11 Å². The van der Waals surface area contributed by atoms with Crippen LogP contribution in [0.3, 0.4) is 0 Å². The van der Waals surface area contributed by atoms with Crippen LogP contribution >= 0.6 is 0 Å². The fourth-order valence-electron chi connectivity index (χ4n) is 7.01. The molecule has 0 unspecified atom stereocenters. The second kappa shape index (κ2) is 14.4. The number of fused-ring (bicyclic) bond motifs is 3. The van der Waals surface area contributed by atoms with E-state index in [-0.39, 0.29) is 26.8 Å². The first-order valence-electron chi connectivity index (χ1n) is 17.2. The average Bonchev–Trinajstić information content (AvgIpc) is 3.56. The van der Waals surface area contributed by atoms with Gasteiger partial charge >= 0.3 is 0 Å². The summed E-state index contributed by atoms with van der Waals surface area (Å²) < 4.78 is 7.94. The quantitative estimate of drug-likeness (QED) is 0.162. The topological polar surface area (TPSA) is 60.2 Å². The third-order valence-corrected chi connectivity index (χ3v) is 9.52. The minimum Gasteiger partial charge on any atom is -0.507 e. The molecule has 0 saturated carbocycles. The van der Waals surface area contributed by atoms with Gasteiger partial charge in [-0.2, -0.15) is 0 Å². The molecule has 9 aromatic rings. The summed E-state index contributed by atoms with van der Waals surface area (Å²) >= 11 is 0. The number of phenols is 1. The van der Waals surface area contributed by atoms with Gasteiger partial charge in [0, 0.05) is 49.2 Å². The number of rotatable bonds is 7. The van der Waals surface area contributed by atoms with Crippen molar-refractivity contribution in [3.8, 4) is 73.1 Å². The van der Waals surface area contributed by atoms with Gasteiger partial charge in [-0.25, -0.2) is 4.98 Å². The third-order valence-electron chi connectivity index (χ3n) is 9.52. The van der Waals surface area contributed by atoms with Crippen LogP contribution in [0.5, 0.6) is 11.5 Å². The van der Waals surface area contributed by atoms with Gasteiger partial charge in [-0.3, -0.25) is 4.98 Å². The summed E-state index contributed by atoms with van der Waals surface area (Å²) in [4.78, 5) is 10.1. The minimum atomic E-state index is 0. The van der Waals surface area contributed by atoms with E-state index in [9.17, 15) is 5.11 Å². The largest absolute Gasteiger partial charge is 0.507 e. The van der Waals surface area contributed by atoms with Gasteiger partial charge in [0.1, 0.15) is 17.1 Å². The molecule has 0 aliphatic carbocycles. The van der Waals surface area contributed by atoms with E-state index in [0.717, 1.165) is 61.0 Å². The van der Waals surface area contributed by atoms with E-state index in [4.69, 9.17) is 14.7 Å². The zero-order valence-electron chi connectivity index (χ0n) is 28.7. The molecule has 0 fully saturated rings. The fraction of sp³-hybridized carbons (Fsp3) is 0.0213. The molecule has 6 aromatic carbocycles. The van der Waals surface area contributed by atoms with Gasteiger partial charge in [-0.05, 0) is 70.0 Å². The van der Waals surface area contributed by atoms with E-state index in [0.29, 0.717) is 28.3 Å². The Bertz CT molecular complexity index is 2680. The average molecular weight is 866 g/mol. The third kappa shape index (κ3) is 6.30. The Balaban J connectivity index is 0.00000400. The second-order valence-corrected chi connectivity index (χ2v) is 12.7. The van der Waals surface area contributed by atoms with Crippen molar-refractivity contribution in [1.29, 1.82) is 0 Å². The molecule has 53 heavy (non-hydrogen) atoms. The summed E-state index contributed by atoms with van der Waals surface area (Å²) in [7, 11) is 1.64. The molecule has 0 aliphatic heterocycles. The van der Waals surface area contributed by atoms with Crippen molar-refractivity contribution < 1.29 is 30.9 Å². The number of aromatic nitrogens is 3. The second-order valence-electron chi connectivity index (χ2n) is 12.7. The van der Waals surface area contributed by atoms with Gasteiger partial charge in [-0.1, -0.05) is 121 Å². The van der Waals surface area contributed by atoms with E-state index in [1.165, 1.54) is 0 Å². The number of aromatic hydroxyl groups is 1. The molecule has 0 bridgehead atoms. The summed E-state index contributed by atoms with van der Waals surface area (Å²) in [5.41, 5.74) is 11.1. The number of phenolic OH excluding ortho intramolecular Hbond substituents is 1. The van der Waals surface area contributed by atoms with Crippen molar-refractivity contribution >= 4 is 21.9 Å². The number of pyridine rings is 2. The predicted molar refractivity (Wildman–Crippen MR) is 211 cm³/mol. The molecule has 3 aromatic heterocycles. The zero-order valence-corrected chi connectivity index (χ0v) is 31.0. The molecule has 9 rings (SSSR count). The van der Waals surface area contributed by atoms with Crippen molar-refractivity contribution in [3.05, 3.63) is 176 Å². The van der Waals surface area contributed by atoms with E-state index < -0.39 is 0 Å². The Morgan fingerprint density at radius 2 is 1.15 bits per heavy atom. The number of benzene rings is 6. The standard InChI is InChI=1S/C47H32N3O2.Pt/c1-52-38-29-41(33-18-9-4-10-19-33)46(51)42(30-38)44-28-35(32-16-7-3-8-17-32)27-43(49-44)36-24-34(31-14-5-2-6-15-31)25-37(26-36)50-45-22-12-11-20-39(45)40-21-13-23-48-47(40)50;/h2-25,27-30,51H,1H3;/q-1;. The van der Waals surface area contributed by atoms with Gasteiger partial charge in [0.05, 0.1) is 18.3 Å². The molecule has 258 valence electrons. The molecule has 0 aliphatic rings. The van der Waals surface area contributed by atoms with Crippen LogP contribution < -0.4 is 4.74 Å². The van der Waals surface area contributed by atoms with Crippen molar-refractivity contribution in [1.82, 2.24) is 14.5 Å². The molecular formula is C47H32N3O2Pt-. The van der Waals surface area contributed by atoms with Gasteiger partial charge in [-0.15, -0.1) is 23.8 Å². The number of hydrogen-bond donors (Lipinski definition) is 1. The maximum absolute atomic E-state index is 11.9. The van der Waals surface area contributed by atoms with Crippen molar-refractivity contribution in [2.75, 3.05) is 7.11 Å². The van der Waals surface area contributed by atoms with E-state index in [1.807, 2.05) is 85.1 Å². The molecule has 5 nitrogen and oxygen atoms in total. The molecular weight excluding hydrogens is 834 g/mol. The van der Waals surface area contributed by atoms with Gasteiger partial charge < -0.3 is 14.4 Å². The maximum atomic E-state index is 11.9. The maximum Gasteiger partial charge on any atom is 0.144 e. The summed E-state index contributed by atoms with van der Waals surface area (Å²) in [6, 6.07) is 58.8. The van der Waals surface area contributed by atoms with Crippen LogP contribution in [-0.4, -0.2) is 26.8 Å². The normalized spacial score (nSPS) is 11.0. The minimum absolute atomic E-state index is 0. The first-order chi connectivity index (χ1) is 25.6. The molecule has 0 radical (unpaired) electrons. The van der Waals surface area contributed by atoms with Crippen LogP contribution in [0.15, 0.2) is 170 Å². The van der Waals surface area contributed by atoms with Crippen molar-refractivity contribution in [3.63, 3.8) is 0 Å². The molecule has 0 spiro atoms. The van der Waals surface area contributed by atoms with Crippen molar-refractivity contribution in [2.45, 2.75) is 0 Å². The fourth-order valence-corrected chi connectivity index (χ4v) is 7.01. The number of hydrogen-bond acceptors (Lipinski definition) is 4. The molecule has 0 amide bonds. The summed E-state index contributed by atoms with van der Waals surface area (Å²) in [5.74, 6) is 0.758. The number of para-hydroxylation sites is 1. The Kier molecular flexibility index (Phi) is 9.18. The van der Waals surface area contributed by atoms with Gasteiger partial charge in [0.2, 0.25) is 0 Å². The Morgan fingerprint density at radius 1 is 0.566 bits per heavy atom. The summed E-state index contributed by atoms with van der Waals surface area (Å²) in [6.45, 7) is 0. The van der Waals surface area contributed by atoms with Crippen LogP contribution in [0.25, 0.3) is 83.5 Å². The Hall–Kier alpha value is -6.29. The first-order valence-corrected chi connectivity index (χ1v) is 17.2. The molecule has 0 saturated heterocycles. The summed E-state index contributed by atoms with van der Waals surface area (Å²) in [5, 5.41) is 14.1. The Morgan fingerprint density at radius 3 is 1.85 bits per heavy atom. The smallest absolute Gasteiger partial charge is 0.144 e. The Labute approximate surface area is 322 Å². The molecule has 1 N–H and O–H groups in total. The van der Waals surface area contributed by atoms with Gasteiger partial charge in [0.25, 0.3) is 0 Å². The first kappa shape index (κ1) is 33.8. The number of ether oxygens (including phenoxy) is 1. The molecule has 3 heterocycles. The SMILES string of the molecule is COc1cc(-c2ccccc2)c(O)c(-c2cc(-c3ccccc3)cc(-c3[c-]c(-n4c5ccccc5c5cccnc54)cc(-c4ccccc4)c3)n2)c1.[Pt]. The van der Waals surface area contributed by atoms with Crippen molar-refractivity contribution in [2.24, 2.45) is 0 Å². The van der Waals surface area contributed by atoms with Crippen LogP contribution in [0.4, 0.5) is 0 Å². The van der Waals surface area contributed by atoms with Gasteiger partial charge in [0.15, 0.2) is 0 Å². The van der Waals surface area contributed by atoms with Crippen LogP contribution in [-0.2, 0) is 21.1 Å².